The molecule has 2 aliphatic rings. The zero-order valence-corrected chi connectivity index (χ0v) is 12.4. The lowest BCUT2D eigenvalue weighted by Crippen LogP contribution is -2.46. The van der Waals surface area contributed by atoms with Crippen LogP contribution in [-0.2, 0) is 0 Å². The normalized spacial score (nSPS) is 32.1. The van der Waals surface area contributed by atoms with Gasteiger partial charge < -0.3 is 9.84 Å². The molecule has 1 aromatic rings. The van der Waals surface area contributed by atoms with E-state index in [1.165, 1.54) is 19.3 Å². The predicted molar refractivity (Wildman–Crippen MR) is 76.8 cm³/mol. The Morgan fingerprint density at radius 3 is 2.74 bits per heavy atom. The summed E-state index contributed by atoms with van der Waals surface area (Å²) in [5.74, 6) is 3.03. The molecule has 2 heteroatoms. The number of aromatic hydroxyl groups is 1. The second kappa shape index (κ2) is 4.16. The lowest BCUT2D eigenvalue weighted by Gasteiger charge is -2.48. The van der Waals surface area contributed by atoms with Gasteiger partial charge in [0.25, 0.3) is 0 Å². The van der Waals surface area contributed by atoms with Gasteiger partial charge in [-0.05, 0) is 63.1 Å². The maximum Gasteiger partial charge on any atom is 0.127 e. The second-order valence-electron chi connectivity index (χ2n) is 7.03. The zero-order valence-electron chi connectivity index (χ0n) is 12.4. The minimum Gasteiger partial charge on any atom is -0.508 e. The van der Waals surface area contributed by atoms with Gasteiger partial charge in [-0.1, -0.05) is 13.3 Å². The van der Waals surface area contributed by atoms with Crippen molar-refractivity contribution in [3.05, 3.63) is 23.3 Å². The fourth-order valence-corrected chi connectivity index (χ4v) is 4.09. The Morgan fingerprint density at radius 1 is 1.26 bits per heavy atom. The van der Waals surface area contributed by atoms with Gasteiger partial charge in [0.2, 0.25) is 0 Å². The molecule has 1 unspecified atom stereocenters. The summed E-state index contributed by atoms with van der Waals surface area (Å²) in [6.07, 6.45) is 3.64. The third-order valence-electron chi connectivity index (χ3n) is 5.01. The number of phenols is 1. The predicted octanol–water partition coefficient (Wildman–Crippen LogP) is 4.39. The van der Waals surface area contributed by atoms with Crippen LogP contribution in [0.3, 0.4) is 0 Å². The topological polar surface area (TPSA) is 29.5 Å². The van der Waals surface area contributed by atoms with Crippen LogP contribution in [0.2, 0.25) is 0 Å². The molecule has 1 aromatic carbocycles. The van der Waals surface area contributed by atoms with E-state index >= 15 is 0 Å². The van der Waals surface area contributed by atoms with Crippen molar-refractivity contribution in [3.63, 3.8) is 0 Å². The highest BCUT2D eigenvalue weighted by Crippen LogP contribution is 2.55. The Kier molecular flexibility index (Phi) is 2.81. The molecule has 0 aromatic heterocycles. The van der Waals surface area contributed by atoms with Gasteiger partial charge in [0.1, 0.15) is 17.1 Å². The van der Waals surface area contributed by atoms with E-state index in [1.807, 2.05) is 13.0 Å². The summed E-state index contributed by atoms with van der Waals surface area (Å²) in [6.45, 7) is 8.72. The number of phenolic OH excluding ortho intramolecular Hbond substituents is 1. The lowest BCUT2D eigenvalue weighted by molar-refractivity contribution is -0.0145. The average Bonchev–Trinajstić information content (AvgIpc) is 2.25. The largest absolute Gasteiger partial charge is 0.508 e. The van der Waals surface area contributed by atoms with Crippen LogP contribution in [0.25, 0.3) is 0 Å². The first-order valence-corrected chi connectivity index (χ1v) is 7.41. The molecule has 3 atom stereocenters. The average molecular weight is 260 g/mol. The summed E-state index contributed by atoms with van der Waals surface area (Å²) in [4.78, 5) is 0. The molecule has 0 amide bonds. The van der Waals surface area contributed by atoms with E-state index in [-0.39, 0.29) is 5.60 Å². The number of rotatable bonds is 0. The molecule has 0 spiro atoms. The summed E-state index contributed by atoms with van der Waals surface area (Å²) in [5.41, 5.74) is 1.99. The van der Waals surface area contributed by atoms with Crippen LogP contribution in [0.15, 0.2) is 12.1 Å². The first kappa shape index (κ1) is 12.8. The number of fused-ring (bicyclic) bond motifs is 3. The Hall–Kier alpha value is -1.18. The van der Waals surface area contributed by atoms with E-state index < -0.39 is 0 Å². The maximum absolute atomic E-state index is 10.4. The van der Waals surface area contributed by atoms with Crippen LogP contribution in [-0.4, -0.2) is 10.7 Å². The fraction of sp³-hybridized carbons (Fsp3) is 0.647. The lowest BCUT2D eigenvalue weighted by atomic mass is 9.64. The maximum atomic E-state index is 10.4. The van der Waals surface area contributed by atoms with Gasteiger partial charge in [-0.25, -0.2) is 0 Å². The minimum absolute atomic E-state index is 0.127. The number of benzene rings is 1. The molecule has 2 nitrogen and oxygen atoms in total. The minimum atomic E-state index is -0.127. The van der Waals surface area contributed by atoms with E-state index in [9.17, 15) is 5.11 Å². The third kappa shape index (κ3) is 2.01. The van der Waals surface area contributed by atoms with Gasteiger partial charge in [-0.2, -0.15) is 0 Å². The summed E-state index contributed by atoms with van der Waals surface area (Å²) >= 11 is 0. The molecule has 1 fully saturated rings. The van der Waals surface area contributed by atoms with E-state index in [0.717, 1.165) is 22.8 Å². The fourth-order valence-electron chi connectivity index (χ4n) is 4.09. The first-order chi connectivity index (χ1) is 8.88. The van der Waals surface area contributed by atoms with E-state index in [0.29, 0.717) is 17.6 Å². The van der Waals surface area contributed by atoms with E-state index in [1.54, 1.807) is 0 Å². The van der Waals surface area contributed by atoms with Crippen LogP contribution in [0.5, 0.6) is 11.5 Å². The van der Waals surface area contributed by atoms with E-state index in [4.69, 9.17) is 4.74 Å². The SMILES string of the molecule is Cc1cc(O)c2c(c1)OC(C)(C)[C@@H]1CCC(C)C[C@@H]21. The summed E-state index contributed by atoms with van der Waals surface area (Å²) < 4.78 is 6.23. The standard InChI is InChI=1S/C17H24O2/c1-10-5-6-13-12(7-10)16-14(18)8-11(2)9-15(16)19-17(13,3)4/h8-10,12-13,18H,5-7H2,1-4H3/t10?,12-,13-/m1/s1. The van der Waals surface area contributed by atoms with Crippen LogP contribution in [0, 0.1) is 18.8 Å². The molecule has 1 N–H and O–H groups in total. The highest BCUT2D eigenvalue weighted by Gasteiger charge is 2.46. The number of aryl methyl sites for hydroxylation is 1. The Balaban J connectivity index is 2.13. The molecule has 1 aliphatic heterocycles. The molecule has 3 rings (SSSR count). The van der Waals surface area contributed by atoms with Gasteiger partial charge in [0, 0.05) is 11.5 Å². The van der Waals surface area contributed by atoms with Gasteiger partial charge in [-0.15, -0.1) is 0 Å². The second-order valence-corrected chi connectivity index (χ2v) is 7.03. The van der Waals surface area contributed by atoms with Gasteiger partial charge >= 0.3 is 0 Å². The Labute approximate surface area is 115 Å². The molecule has 0 radical (unpaired) electrons. The number of hydrogen-bond donors (Lipinski definition) is 1. The van der Waals surface area contributed by atoms with Gasteiger partial charge in [0.05, 0.1) is 0 Å². The smallest absolute Gasteiger partial charge is 0.127 e. The van der Waals surface area contributed by atoms with Crippen molar-refractivity contribution in [3.8, 4) is 11.5 Å². The molecule has 1 heterocycles. The van der Waals surface area contributed by atoms with Crippen LogP contribution in [0.1, 0.15) is 57.1 Å². The van der Waals surface area contributed by atoms with Crippen molar-refractivity contribution in [1.82, 2.24) is 0 Å². The molecular weight excluding hydrogens is 236 g/mol. The van der Waals surface area contributed by atoms with E-state index in [2.05, 4.69) is 26.8 Å². The molecule has 0 saturated heterocycles. The van der Waals surface area contributed by atoms with Crippen LogP contribution in [0.4, 0.5) is 0 Å². The molecule has 19 heavy (non-hydrogen) atoms. The summed E-state index contributed by atoms with van der Waals surface area (Å²) in [7, 11) is 0. The van der Waals surface area contributed by atoms with Crippen LogP contribution >= 0.6 is 0 Å². The number of hydrogen-bond acceptors (Lipinski definition) is 2. The highest BCUT2D eigenvalue weighted by atomic mass is 16.5. The molecule has 1 aliphatic carbocycles. The summed E-state index contributed by atoms with van der Waals surface area (Å²) in [5, 5.41) is 10.4. The monoisotopic (exact) mass is 260 g/mol. The van der Waals surface area contributed by atoms with Crippen molar-refractivity contribution in [2.45, 2.75) is 58.5 Å². The first-order valence-electron chi connectivity index (χ1n) is 7.41. The Bertz CT molecular complexity index is 504. The van der Waals surface area contributed by atoms with Crippen molar-refractivity contribution in [2.75, 3.05) is 0 Å². The number of ether oxygens (including phenoxy) is 1. The summed E-state index contributed by atoms with van der Waals surface area (Å²) in [6, 6.07) is 3.95. The van der Waals surface area contributed by atoms with Gasteiger partial charge in [0.15, 0.2) is 0 Å². The Morgan fingerprint density at radius 2 is 2.00 bits per heavy atom. The van der Waals surface area contributed by atoms with Crippen molar-refractivity contribution in [2.24, 2.45) is 11.8 Å². The zero-order chi connectivity index (χ0) is 13.8. The van der Waals surface area contributed by atoms with Gasteiger partial charge in [-0.3, -0.25) is 0 Å². The highest BCUT2D eigenvalue weighted by molar-refractivity contribution is 5.51. The molecule has 104 valence electrons. The molecule has 0 bridgehead atoms. The van der Waals surface area contributed by atoms with Crippen molar-refractivity contribution >= 4 is 0 Å². The third-order valence-corrected chi connectivity index (χ3v) is 5.01. The van der Waals surface area contributed by atoms with Crippen molar-refractivity contribution < 1.29 is 9.84 Å². The quantitative estimate of drug-likeness (QED) is 0.749. The molecule has 1 saturated carbocycles. The molecular formula is C17H24O2. The van der Waals surface area contributed by atoms with Crippen LogP contribution < -0.4 is 4.74 Å². The van der Waals surface area contributed by atoms with Crippen molar-refractivity contribution in [1.29, 1.82) is 0 Å².